The summed E-state index contributed by atoms with van der Waals surface area (Å²) in [7, 11) is 0. The van der Waals surface area contributed by atoms with Crippen molar-refractivity contribution in [1.82, 2.24) is 4.57 Å². The van der Waals surface area contributed by atoms with E-state index in [1.807, 2.05) is 25.1 Å². The van der Waals surface area contributed by atoms with Crippen LogP contribution in [0.4, 0.5) is 5.00 Å². The number of rotatable bonds is 6. The van der Waals surface area contributed by atoms with Crippen molar-refractivity contribution >= 4 is 55.8 Å². The molecule has 0 aliphatic carbocycles. The van der Waals surface area contributed by atoms with E-state index in [2.05, 4.69) is 4.99 Å². The topological polar surface area (TPSA) is 104 Å². The van der Waals surface area contributed by atoms with E-state index >= 15 is 0 Å². The van der Waals surface area contributed by atoms with Crippen LogP contribution < -0.4 is 4.80 Å². The number of hydrogen-bond donors (Lipinski definition) is 0. The van der Waals surface area contributed by atoms with Gasteiger partial charge in [-0.15, -0.1) is 0 Å². The Bertz CT molecular complexity index is 1190. The predicted octanol–water partition coefficient (Wildman–Crippen LogP) is 3.68. The molecule has 0 aliphatic rings. The Hall–Kier alpha value is -3.11. The largest absolute Gasteiger partial charge is 0.465 e. The molecule has 1 aromatic carbocycles. The molecule has 8 nitrogen and oxygen atoms in total. The van der Waals surface area contributed by atoms with Crippen LogP contribution >= 0.6 is 22.7 Å². The number of benzene rings is 1. The molecular formula is C19H17N3O5S2. The van der Waals surface area contributed by atoms with Gasteiger partial charge in [-0.05, 0) is 37.6 Å². The number of nitrogens with zero attached hydrogens (tertiary/aromatic N) is 3. The molecule has 10 heteroatoms. The Labute approximate surface area is 173 Å². The van der Waals surface area contributed by atoms with Gasteiger partial charge in [0.2, 0.25) is 0 Å². The minimum Gasteiger partial charge on any atom is -0.465 e. The van der Waals surface area contributed by atoms with Crippen molar-refractivity contribution in [1.29, 1.82) is 0 Å². The highest BCUT2D eigenvalue weighted by atomic mass is 32.1. The Morgan fingerprint density at radius 1 is 1.28 bits per heavy atom. The fourth-order valence-electron chi connectivity index (χ4n) is 2.69. The minimum absolute atomic E-state index is 0.00120. The Morgan fingerprint density at radius 2 is 2.07 bits per heavy atom. The maximum Gasteiger partial charge on any atom is 0.326 e. The van der Waals surface area contributed by atoms with Crippen molar-refractivity contribution < 1.29 is 19.2 Å². The number of thiophene rings is 1. The quantitative estimate of drug-likeness (QED) is 0.256. The summed E-state index contributed by atoms with van der Waals surface area (Å²) in [6.45, 7) is 3.87. The lowest BCUT2D eigenvalue weighted by Crippen LogP contribution is -2.23. The second kappa shape index (κ2) is 8.93. The Kier molecular flexibility index (Phi) is 6.35. The summed E-state index contributed by atoms with van der Waals surface area (Å²) in [5.41, 5.74) is 1.79. The van der Waals surface area contributed by atoms with Gasteiger partial charge in [-0.1, -0.05) is 34.8 Å². The molecule has 1 amide bonds. The van der Waals surface area contributed by atoms with Crippen LogP contribution in [0.2, 0.25) is 0 Å². The van der Waals surface area contributed by atoms with Gasteiger partial charge in [0.05, 0.1) is 21.7 Å². The first-order valence-corrected chi connectivity index (χ1v) is 10.3. The van der Waals surface area contributed by atoms with Crippen LogP contribution in [0.1, 0.15) is 17.4 Å². The van der Waals surface area contributed by atoms with Crippen LogP contribution in [0.3, 0.4) is 0 Å². The molecule has 2 aromatic heterocycles. The van der Waals surface area contributed by atoms with Gasteiger partial charge in [-0.25, -0.2) is 0 Å². The normalized spacial score (nSPS) is 12.0. The van der Waals surface area contributed by atoms with E-state index in [4.69, 9.17) is 4.74 Å². The van der Waals surface area contributed by atoms with Crippen molar-refractivity contribution in [2.45, 2.75) is 20.4 Å². The summed E-state index contributed by atoms with van der Waals surface area (Å²) in [5, 5.41) is 10.7. The molecule has 0 spiro atoms. The zero-order chi connectivity index (χ0) is 21.0. The van der Waals surface area contributed by atoms with Crippen LogP contribution in [-0.4, -0.2) is 28.0 Å². The van der Waals surface area contributed by atoms with Gasteiger partial charge in [0.15, 0.2) is 4.80 Å². The molecule has 2 heterocycles. The van der Waals surface area contributed by atoms with Gasteiger partial charge in [-0.3, -0.25) is 19.7 Å². The molecule has 3 rings (SSSR count). The van der Waals surface area contributed by atoms with Crippen LogP contribution in [0, 0.1) is 17.0 Å². The summed E-state index contributed by atoms with van der Waals surface area (Å²) in [6.07, 6.45) is 2.74. The average Bonchev–Trinajstić information content (AvgIpc) is 3.26. The zero-order valence-corrected chi connectivity index (χ0v) is 17.3. The van der Waals surface area contributed by atoms with Crippen molar-refractivity contribution in [3.05, 3.63) is 61.8 Å². The lowest BCUT2D eigenvalue weighted by atomic mass is 10.2. The van der Waals surface area contributed by atoms with Gasteiger partial charge >= 0.3 is 11.0 Å². The zero-order valence-electron chi connectivity index (χ0n) is 15.7. The average molecular weight is 431 g/mol. The van der Waals surface area contributed by atoms with Gasteiger partial charge in [0, 0.05) is 17.0 Å². The van der Waals surface area contributed by atoms with Crippen LogP contribution in [0.15, 0.2) is 41.4 Å². The number of fused-ring (bicyclic) bond motifs is 1. The standard InChI is InChI=1S/C19H17N3O5S2/c1-3-27-17(24)11-21-18-12(2)5-4-6-14(18)29-19(21)20-15(23)9-7-13-8-10-16(28-13)22(25)26/h4-10H,3,11H2,1-2H3/b9-7+,20-19?. The SMILES string of the molecule is CCOC(=O)Cn1c(=NC(=O)/C=C/c2ccc([N+](=O)[O-])s2)sc2cccc(C)c21. The first-order chi connectivity index (χ1) is 13.9. The number of esters is 1. The molecule has 0 saturated heterocycles. The molecule has 150 valence electrons. The van der Waals surface area contributed by atoms with Crippen molar-refractivity contribution in [2.24, 2.45) is 4.99 Å². The first kappa shape index (κ1) is 20.6. The molecule has 0 aliphatic heterocycles. The fraction of sp³-hybridized carbons (Fsp3) is 0.211. The Morgan fingerprint density at radius 3 is 2.76 bits per heavy atom. The van der Waals surface area contributed by atoms with E-state index in [0.29, 0.717) is 9.68 Å². The van der Waals surface area contributed by atoms with Crippen LogP contribution in [-0.2, 0) is 20.9 Å². The highest BCUT2D eigenvalue weighted by Crippen LogP contribution is 2.25. The van der Waals surface area contributed by atoms with Gasteiger partial charge < -0.3 is 9.30 Å². The van der Waals surface area contributed by atoms with Gasteiger partial charge in [0.25, 0.3) is 5.91 Å². The number of thiazole rings is 1. The van der Waals surface area contributed by atoms with E-state index in [1.54, 1.807) is 17.6 Å². The van der Waals surface area contributed by atoms with Crippen LogP contribution in [0.25, 0.3) is 16.3 Å². The molecule has 0 saturated carbocycles. The third kappa shape index (κ3) is 4.84. The number of amides is 1. The third-order valence-electron chi connectivity index (χ3n) is 3.88. The molecule has 29 heavy (non-hydrogen) atoms. The van der Waals surface area contributed by atoms with E-state index in [0.717, 1.165) is 27.1 Å². The lowest BCUT2D eigenvalue weighted by molar-refractivity contribution is -0.380. The van der Waals surface area contributed by atoms with Crippen molar-refractivity contribution in [2.75, 3.05) is 6.61 Å². The van der Waals surface area contributed by atoms with E-state index in [1.165, 1.54) is 29.6 Å². The molecule has 0 N–H and O–H groups in total. The number of carbonyl (C=O) groups is 2. The molecule has 0 atom stereocenters. The number of ether oxygens (including phenoxy) is 1. The van der Waals surface area contributed by atoms with Crippen molar-refractivity contribution in [3.63, 3.8) is 0 Å². The highest BCUT2D eigenvalue weighted by molar-refractivity contribution is 7.16. The predicted molar refractivity (Wildman–Crippen MR) is 112 cm³/mol. The molecular weight excluding hydrogens is 414 g/mol. The molecule has 3 aromatic rings. The second-order valence-electron chi connectivity index (χ2n) is 5.91. The minimum atomic E-state index is -0.525. The first-order valence-electron chi connectivity index (χ1n) is 8.64. The number of nitro groups is 1. The van der Waals surface area contributed by atoms with Crippen molar-refractivity contribution in [3.8, 4) is 0 Å². The van der Waals surface area contributed by atoms with Gasteiger partial charge in [0.1, 0.15) is 6.54 Å². The highest BCUT2D eigenvalue weighted by Gasteiger charge is 2.13. The number of aryl methyl sites for hydroxylation is 1. The smallest absolute Gasteiger partial charge is 0.326 e. The van der Waals surface area contributed by atoms with E-state index < -0.39 is 16.8 Å². The molecule has 0 fully saturated rings. The van der Waals surface area contributed by atoms with Gasteiger partial charge in [-0.2, -0.15) is 4.99 Å². The van der Waals surface area contributed by atoms with E-state index in [9.17, 15) is 19.7 Å². The number of para-hydroxylation sites is 1. The summed E-state index contributed by atoms with van der Waals surface area (Å²) in [5.74, 6) is -0.936. The third-order valence-corrected chi connectivity index (χ3v) is 5.93. The summed E-state index contributed by atoms with van der Waals surface area (Å²) >= 11 is 2.27. The summed E-state index contributed by atoms with van der Waals surface area (Å²) < 4.78 is 7.62. The number of hydrogen-bond acceptors (Lipinski definition) is 7. The summed E-state index contributed by atoms with van der Waals surface area (Å²) in [4.78, 5) is 39.7. The monoisotopic (exact) mass is 431 g/mol. The molecule has 0 unspecified atom stereocenters. The Balaban J connectivity index is 1.96. The lowest BCUT2D eigenvalue weighted by Gasteiger charge is -2.06. The molecule has 0 radical (unpaired) electrons. The van der Waals surface area contributed by atoms with E-state index in [-0.39, 0.29) is 18.2 Å². The summed E-state index contributed by atoms with van der Waals surface area (Å²) in [6, 6.07) is 8.67. The van der Waals surface area contributed by atoms with Crippen LogP contribution in [0.5, 0.6) is 0 Å². The number of aromatic nitrogens is 1. The fourth-order valence-corrected chi connectivity index (χ4v) is 4.53. The maximum atomic E-state index is 12.3. The maximum absolute atomic E-state index is 12.3. The second-order valence-corrected chi connectivity index (χ2v) is 8.02. The molecule has 0 bridgehead atoms. The number of carbonyl (C=O) groups excluding carboxylic acids is 2.